The van der Waals surface area contributed by atoms with Gasteiger partial charge in [0.2, 0.25) is 0 Å². The summed E-state index contributed by atoms with van der Waals surface area (Å²) in [7, 11) is 2.02. The minimum atomic E-state index is -0.509. The van der Waals surface area contributed by atoms with Gasteiger partial charge in [0, 0.05) is 32.8 Å². The van der Waals surface area contributed by atoms with Crippen LogP contribution in [0.1, 0.15) is 44.8 Å². The van der Waals surface area contributed by atoms with Crippen LogP contribution in [0.4, 0.5) is 10.5 Å². The van der Waals surface area contributed by atoms with Gasteiger partial charge in [-0.25, -0.2) is 9.78 Å². The quantitative estimate of drug-likeness (QED) is 0.472. The lowest BCUT2D eigenvalue weighted by atomic mass is 10.1. The fraction of sp³-hybridized carbons (Fsp3) is 0.458. The van der Waals surface area contributed by atoms with Gasteiger partial charge in [0.15, 0.2) is 0 Å². The Morgan fingerprint density at radius 1 is 1.24 bits per heavy atom. The Kier molecular flexibility index (Phi) is 6.69. The molecule has 33 heavy (non-hydrogen) atoms. The Morgan fingerprint density at radius 3 is 2.91 bits per heavy atom. The summed E-state index contributed by atoms with van der Waals surface area (Å²) in [5, 5.41) is 9.76. The van der Waals surface area contributed by atoms with Gasteiger partial charge in [-0.1, -0.05) is 6.07 Å². The molecule has 1 unspecified atom stereocenters. The SMILES string of the molecule is Cn1c(CNC2CCOc3cccnc32)nc2cccc(NCCNC(=O)OC(C)(C)C)c21. The Morgan fingerprint density at radius 2 is 2.09 bits per heavy atom. The standard InChI is InChI=1S/C24H32N6O3/c1-24(2,3)33-23(31)27-13-12-25-17-7-5-8-18-22(17)30(4)20(29-18)15-28-16-10-14-32-19-9-6-11-26-21(16)19/h5-9,11,16,25,28H,10,12-15H2,1-4H3,(H,27,31). The summed E-state index contributed by atoms with van der Waals surface area (Å²) in [4.78, 5) is 21.2. The molecule has 0 aliphatic carbocycles. The Labute approximate surface area is 193 Å². The predicted molar refractivity (Wildman–Crippen MR) is 127 cm³/mol. The number of para-hydroxylation sites is 1. The van der Waals surface area contributed by atoms with Gasteiger partial charge in [0.25, 0.3) is 0 Å². The van der Waals surface area contributed by atoms with E-state index >= 15 is 0 Å². The minimum absolute atomic E-state index is 0.131. The maximum Gasteiger partial charge on any atom is 0.407 e. The zero-order valence-electron chi connectivity index (χ0n) is 19.6. The number of nitrogens with zero attached hydrogens (tertiary/aromatic N) is 3. The van der Waals surface area contributed by atoms with Crippen LogP contribution in [0, 0.1) is 0 Å². The number of ether oxygens (including phenoxy) is 2. The number of rotatable bonds is 7. The molecule has 3 N–H and O–H groups in total. The molecule has 9 heteroatoms. The van der Waals surface area contributed by atoms with Crippen LogP contribution in [0.15, 0.2) is 36.5 Å². The fourth-order valence-electron chi connectivity index (χ4n) is 3.92. The fourth-order valence-corrected chi connectivity index (χ4v) is 3.92. The summed E-state index contributed by atoms with van der Waals surface area (Å²) in [5.74, 6) is 1.79. The molecule has 0 saturated carbocycles. The third kappa shape index (κ3) is 5.54. The molecule has 3 aromatic rings. The van der Waals surface area contributed by atoms with Gasteiger partial charge in [-0.3, -0.25) is 4.98 Å². The van der Waals surface area contributed by atoms with Crippen LogP contribution in [0.2, 0.25) is 0 Å². The third-order valence-corrected chi connectivity index (χ3v) is 5.40. The number of hydrogen-bond donors (Lipinski definition) is 3. The minimum Gasteiger partial charge on any atom is -0.492 e. The van der Waals surface area contributed by atoms with Crippen molar-refractivity contribution in [2.45, 2.75) is 45.4 Å². The van der Waals surface area contributed by atoms with E-state index in [0.717, 1.165) is 40.4 Å². The number of aryl methyl sites for hydroxylation is 1. The number of amides is 1. The maximum absolute atomic E-state index is 11.8. The first-order valence-electron chi connectivity index (χ1n) is 11.3. The molecule has 9 nitrogen and oxygen atoms in total. The van der Waals surface area contributed by atoms with Crippen molar-refractivity contribution >= 4 is 22.8 Å². The summed E-state index contributed by atoms with van der Waals surface area (Å²) in [5.41, 5.74) is 3.35. The van der Waals surface area contributed by atoms with Crippen LogP contribution < -0.4 is 20.7 Å². The molecule has 1 aliphatic heterocycles. The molecule has 176 valence electrons. The van der Waals surface area contributed by atoms with Crippen LogP contribution in [0.25, 0.3) is 11.0 Å². The van der Waals surface area contributed by atoms with Crippen LogP contribution in [-0.2, 0) is 18.3 Å². The average molecular weight is 453 g/mol. The monoisotopic (exact) mass is 452 g/mol. The van der Waals surface area contributed by atoms with Crippen molar-refractivity contribution in [1.82, 2.24) is 25.2 Å². The van der Waals surface area contributed by atoms with E-state index in [9.17, 15) is 4.79 Å². The molecule has 2 aromatic heterocycles. The van der Waals surface area contributed by atoms with Crippen molar-refractivity contribution in [3.8, 4) is 5.75 Å². The first kappa shape index (κ1) is 22.8. The summed E-state index contributed by atoms with van der Waals surface area (Å²) in [6, 6.07) is 9.99. The second-order valence-electron chi connectivity index (χ2n) is 9.07. The topological polar surface area (TPSA) is 102 Å². The number of alkyl carbamates (subject to hydrolysis) is 1. The summed E-state index contributed by atoms with van der Waals surface area (Å²) in [6.07, 6.45) is 2.25. The van der Waals surface area contributed by atoms with E-state index in [1.165, 1.54) is 0 Å². The number of anilines is 1. The second-order valence-corrected chi connectivity index (χ2v) is 9.07. The van der Waals surface area contributed by atoms with Crippen LogP contribution in [0.5, 0.6) is 5.75 Å². The molecule has 1 amide bonds. The molecule has 1 aliphatic rings. The highest BCUT2D eigenvalue weighted by molar-refractivity contribution is 5.89. The number of carbonyl (C=O) groups is 1. The molecule has 4 rings (SSSR count). The molecule has 0 fully saturated rings. The lowest BCUT2D eigenvalue weighted by Crippen LogP contribution is -2.35. The molecule has 1 atom stereocenters. The normalized spacial score (nSPS) is 15.6. The van der Waals surface area contributed by atoms with Gasteiger partial charge in [-0.05, 0) is 45.0 Å². The van der Waals surface area contributed by atoms with E-state index in [0.29, 0.717) is 26.2 Å². The Bertz CT molecular complexity index is 1120. The number of hydrogen-bond acceptors (Lipinski definition) is 7. The van der Waals surface area contributed by atoms with E-state index < -0.39 is 11.7 Å². The van der Waals surface area contributed by atoms with Gasteiger partial charge in [0.1, 0.15) is 17.2 Å². The van der Waals surface area contributed by atoms with E-state index in [4.69, 9.17) is 14.5 Å². The number of imidazole rings is 1. The van der Waals surface area contributed by atoms with Crippen LogP contribution in [0.3, 0.4) is 0 Å². The average Bonchev–Trinajstić information content (AvgIpc) is 3.10. The number of benzene rings is 1. The van der Waals surface area contributed by atoms with Crippen molar-refractivity contribution in [1.29, 1.82) is 0 Å². The number of pyridine rings is 1. The molecule has 3 heterocycles. The largest absolute Gasteiger partial charge is 0.492 e. The molecule has 0 saturated heterocycles. The van der Waals surface area contributed by atoms with E-state index in [-0.39, 0.29) is 6.04 Å². The molecular formula is C24H32N6O3. The number of carbonyl (C=O) groups excluding carboxylic acids is 1. The van der Waals surface area contributed by atoms with Gasteiger partial charge in [-0.2, -0.15) is 0 Å². The van der Waals surface area contributed by atoms with E-state index in [1.54, 1.807) is 6.20 Å². The zero-order valence-corrected chi connectivity index (χ0v) is 19.6. The van der Waals surface area contributed by atoms with Gasteiger partial charge < -0.3 is 30.0 Å². The first-order chi connectivity index (χ1) is 15.8. The van der Waals surface area contributed by atoms with Crippen molar-refractivity contribution in [2.24, 2.45) is 7.05 Å². The zero-order chi connectivity index (χ0) is 23.4. The van der Waals surface area contributed by atoms with Crippen molar-refractivity contribution in [3.63, 3.8) is 0 Å². The summed E-state index contributed by atoms with van der Waals surface area (Å²) in [6.45, 7) is 7.85. The molecular weight excluding hydrogens is 420 g/mol. The third-order valence-electron chi connectivity index (χ3n) is 5.40. The van der Waals surface area contributed by atoms with Crippen molar-refractivity contribution < 1.29 is 14.3 Å². The predicted octanol–water partition coefficient (Wildman–Crippen LogP) is 3.52. The highest BCUT2D eigenvalue weighted by atomic mass is 16.6. The van der Waals surface area contributed by atoms with Crippen molar-refractivity contribution in [3.05, 3.63) is 48.0 Å². The maximum atomic E-state index is 11.8. The van der Waals surface area contributed by atoms with Crippen LogP contribution >= 0.6 is 0 Å². The molecule has 1 aromatic carbocycles. The highest BCUT2D eigenvalue weighted by Crippen LogP contribution is 2.30. The van der Waals surface area contributed by atoms with E-state index in [1.807, 2.05) is 58.2 Å². The van der Waals surface area contributed by atoms with Gasteiger partial charge in [-0.15, -0.1) is 0 Å². The molecule has 0 bridgehead atoms. The van der Waals surface area contributed by atoms with Gasteiger partial charge >= 0.3 is 6.09 Å². The van der Waals surface area contributed by atoms with Crippen molar-refractivity contribution in [2.75, 3.05) is 25.0 Å². The molecule has 0 spiro atoms. The smallest absolute Gasteiger partial charge is 0.407 e. The summed E-state index contributed by atoms with van der Waals surface area (Å²) < 4.78 is 13.1. The van der Waals surface area contributed by atoms with Crippen LogP contribution in [-0.4, -0.2) is 45.9 Å². The molecule has 0 radical (unpaired) electrons. The first-order valence-corrected chi connectivity index (χ1v) is 11.3. The Hall–Kier alpha value is -3.33. The lowest BCUT2D eigenvalue weighted by molar-refractivity contribution is 0.0530. The van der Waals surface area contributed by atoms with Gasteiger partial charge in [0.05, 0.1) is 41.6 Å². The second kappa shape index (κ2) is 9.66. The van der Waals surface area contributed by atoms with E-state index in [2.05, 4.69) is 25.5 Å². The number of nitrogens with one attached hydrogen (secondary N) is 3. The number of aromatic nitrogens is 3. The Balaban J connectivity index is 1.39. The lowest BCUT2D eigenvalue weighted by Gasteiger charge is -2.25. The summed E-state index contributed by atoms with van der Waals surface area (Å²) >= 11 is 0. The number of fused-ring (bicyclic) bond motifs is 2. The highest BCUT2D eigenvalue weighted by Gasteiger charge is 2.23.